The minimum Gasteiger partial charge on any atom is -0.439 e. The Kier molecular flexibility index (Phi) is 11.5. The van der Waals surface area contributed by atoms with E-state index in [4.69, 9.17) is 15.2 Å². The lowest BCUT2D eigenvalue weighted by Gasteiger charge is -2.14. The van der Waals surface area contributed by atoms with Crippen LogP contribution < -0.4 is 15.8 Å². The second-order valence-corrected chi connectivity index (χ2v) is 5.10. The average Bonchev–Trinajstić information content (AvgIpc) is 2.59. The zero-order valence-corrected chi connectivity index (χ0v) is 15.8. The van der Waals surface area contributed by atoms with Crippen LogP contribution in [-0.4, -0.2) is 30.6 Å². The van der Waals surface area contributed by atoms with Gasteiger partial charge in [-0.1, -0.05) is 12.1 Å². The number of carbonyl (C=O) groups excluding carboxylic acids is 1. The number of benzene rings is 1. The topological polar surface area (TPSA) is 86.5 Å². The van der Waals surface area contributed by atoms with Crippen molar-refractivity contribution in [3.63, 3.8) is 0 Å². The first-order chi connectivity index (χ1) is 11.6. The Morgan fingerprint density at radius 3 is 2.73 bits per heavy atom. The molecule has 0 aliphatic carbocycles. The molecule has 26 heavy (non-hydrogen) atoms. The van der Waals surface area contributed by atoms with Crippen molar-refractivity contribution in [1.29, 1.82) is 0 Å². The van der Waals surface area contributed by atoms with E-state index in [-0.39, 0.29) is 56.3 Å². The molecule has 0 saturated carbocycles. The molecular weight excluding hydrogens is 384 g/mol. The van der Waals surface area contributed by atoms with E-state index in [1.54, 1.807) is 30.5 Å². The minimum absolute atomic E-state index is 0. The van der Waals surface area contributed by atoms with Gasteiger partial charge in [0.1, 0.15) is 11.6 Å². The van der Waals surface area contributed by atoms with E-state index >= 15 is 0 Å². The van der Waals surface area contributed by atoms with E-state index in [0.717, 1.165) is 0 Å². The number of aromatic nitrogens is 1. The number of nitrogens with zero attached hydrogens (tertiary/aromatic N) is 1. The Labute approximate surface area is 164 Å². The predicted molar refractivity (Wildman–Crippen MR) is 102 cm³/mol. The van der Waals surface area contributed by atoms with Gasteiger partial charge in [0.15, 0.2) is 0 Å². The fourth-order valence-electron chi connectivity index (χ4n) is 2.03. The normalized spacial score (nSPS) is 10.9. The maximum absolute atomic E-state index is 13.2. The third kappa shape index (κ3) is 7.53. The van der Waals surface area contributed by atoms with Gasteiger partial charge in [0.2, 0.25) is 11.8 Å². The summed E-state index contributed by atoms with van der Waals surface area (Å²) in [7, 11) is 1.51. The fourth-order valence-corrected chi connectivity index (χ4v) is 2.03. The van der Waals surface area contributed by atoms with E-state index < -0.39 is 5.82 Å². The Bertz CT molecular complexity index is 688. The number of rotatable bonds is 8. The van der Waals surface area contributed by atoms with Crippen LogP contribution in [0.5, 0.6) is 11.6 Å². The molecule has 3 N–H and O–H groups in total. The molecule has 144 valence electrons. The summed E-state index contributed by atoms with van der Waals surface area (Å²) >= 11 is 0. The highest BCUT2D eigenvalue weighted by atomic mass is 35.5. The number of nitrogens with one attached hydrogen (secondary N) is 1. The predicted octanol–water partition coefficient (Wildman–Crippen LogP) is 2.84. The van der Waals surface area contributed by atoms with Gasteiger partial charge in [0.25, 0.3) is 0 Å². The SMILES string of the molecule is COC(CN)CC(=O)NCc1cccnc1Oc1cccc(F)c1.Cl.Cl. The van der Waals surface area contributed by atoms with Gasteiger partial charge in [-0.3, -0.25) is 4.79 Å². The monoisotopic (exact) mass is 405 g/mol. The largest absolute Gasteiger partial charge is 0.439 e. The smallest absolute Gasteiger partial charge is 0.224 e. The zero-order valence-electron chi connectivity index (χ0n) is 14.2. The number of amides is 1. The van der Waals surface area contributed by atoms with Gasteiger partial charge >= 0.3 is 0 Å². The lowest BCUT2D eigenvalue weighted by molar-refractivity contribution is -0.123. The standard InChI is InChI=1S/C17H20FN3O3.2ClH/c1-23-15(10-19)9-16(22)21-11-12-4-3-7-20-17(12)24-14-6-2-5-13(18)8-14;;/h2-8,15H,9-11,19H2,1H3,(H,21,22);2*1H. The van der Waals surface area contributed by atoms with Crippen LogP contribution in [0.15, 0.2) is 42.6 Å². The lowest BCUT2D eigenvalue weighted by atomic mass is 10.2. The molecule has 0 fully saturated rings. The molecule has 6 nitrogen and oxygen atoms in total. The summed E-state index contributed by atoms with van der Waals surface area (Å²) in [5.74, 6) is 0.0629. The minimum atomic E-state index is -0.398. The van der Waals surface area contributed by atoms with Gasteiger partial charge in [-0.15, -0.1) is 24.8 Å². The van der Waals surface area contributed by atoms with Gasteiger partial charge in [-0.2, -0.15) is 0 Å². The molecule has 0 aliphatic heterocycles. The van der Waals surface area contributed by atoms with Gasteiger partial charge in [0.05, 0.1) is 12.5 Å². The summed E-state index contributed by atoms with van der Waals surface area (Å²) in [4.78, 5) is 16.0. The second-order valence-electron chi connectivity index (χ2n) is 5.10. The molecule has 0 aliphatic rings. The molecule has 1 heterocycles. The van der Waals surface area contributed by atoms with Crippen molar-refractivity contribution >= 4 is 30.7 Å². The second kappa shape index (κ2) is 12.4. The third-order valence-corrected chi connectivity index (χ3v) is 3.35. The van der Waals surface area contributed by atoms with Crippen LogP contribution in [0.1, 0.15) is 12.0 Å². The van der Waals surface area contributed by atoms with Crippen LogP contribution in [0.2, 0.25) is 0 Å². The van der Waals surface area contributed by atoms with Gasteiger partial charge in [-0.25, -0.2) is 9.37 Å². The molecule has 1 aromatic heterocycles. The Balaban J connectivity index is 0.00000312. The number of ether oxygens (including phenoxy) is 2. The van der Waals surface area contributed by atoms with Crippen LogP contribution in [0.25, 0.3) is 0 Å². The lowest BCUT2D eigenvalue weighted by Crippen LogP contribution is -2.32. The van der Waals surface area contributed by atoms with Crippen molar-refractivity contribution < 1.29 is 18.7 Å². The molecule has 0 saturated heterocycles. The molecule has 9 heteroatoms. The first-order valence-electron chi connectivity index (χ1n) is 7.49. The van der Waals surface area contributed by atoms with Crippen LogP contribution in [0.4, 0.5) is 4.39 Å². The van der Waals surface area contributed by atoms with Crippen LogP contribution >= 0.6 is 24.8 Å². The summed E-state index contributed by atoms with van der Waals surface area (Å²) in [6.45, 7) is 0.503. The number of methoxy groups -OCH3 is 1. The quantitative estimate of drug-likeness (QED) is 0.704. The van der Waals surface area contributed by atoms with Crippen molar-refractivity contribution in [3.05, 3.63) is 54.0 Å². The fraction of sp³-hybridized carbons (Fsp3) is 0.294. The van der Waals surface area contributed by atoms with E-state index in [1.807, 2.05) is 0 Å². The summed E-state index contributed by atoms with van der Waals surface area (Å²) in [6, 6.07) is 9.28. The highest BCUT2D eigenvalue weighted by Gasteiger charge is 2.13. The van der Waals surface area contributed by atoms with Crippen LogP contribution in [0, 0.1) is 5.82 Å². The van der Waals surface area contributed by atoms with E-state index in [0.29, 0.717) is 17.2 Å². The number of hydrogen-bond donors (Lipinski definition) is 2. The molecular formula is C17H22Cl2FN3O3. The first kappa shape index (κ1) is 24.1. The summed E-state index contributed by atoms with van der Waals surface area (Å²) < 4.78 is 23.9. The zero-order chi connectivity index (χ0) is 17.4. The van der Waals surface area contributed by atoms with Crippen molar-refractivity contribution in [2.75, 3.05) is 13.7 Å². The molecule has 2 aromatic rings. The van der Waals surface area contributed by atoms with Crippen molar-refractivity contribution in [3.8, 4) is 11.6 Å². The number of halogens is 3. The summed E-state index contributed by atoms with van der Waals surface area (Å²) in [5.41, 5.74) is 6.17. The molecule has 1 amide bonds. The van der Waals surface area contributed by atoms with Gasteiger partial charge in [0, 0.05) is 38.0 Å². The van der Waals surface area contributed by atoms with Crippen molar-refractivity contribution in [2.24, 2.45) is 5.73 Å². The number of hydrogen-bond acceptors (Lipinski definition) is 5. The van der Waals surface area contributed by atoms with Crippen LogP contribution in [0.3, 0.4) is 0 Å². The Morgan fingerprint density at radius 2 is 2.08 bits per heavy atom. The molecule has 1 atom stereocenters. The Morgan fingerprint density at radius 1 is 1.31 bits per heavy atom. The third-order valence-electron chi connectivity index (χ3n) is 3.35. The van der Waals surface area contributed by atoms with E-state index in [9.17, 15) is 9.18 Å². The number of carbonyl (C=O) groups is 1. The molecule has 2 rings (SSSR count). The van der Waals surface area contributed by atoms with Gasteiger partial charge < -0.3 is 20.5 Å². The summed E-state index contributed by atoms with van der Waals surface area (Å²) in [5, 5.41) is 2.77. The molecule has 0 spiro atoms. The van der Waals surface area contributed by atoms with Gasteiger partial charge in [-0.05, 0) is 18.2 Å². The number of nitrogens with two attached hydrogens (primary N) is 1. The molecule has 0 radical (unpaired) electrons. The molecule has 0 bridgehead atoms. The van der Waals surface area contributed by atoms with Crippen molar-refractivity contribution in [2.45, 2.75) is 19.1 Å². The first-order valence-corrected chi connectivity index (χ1v) is 7.49. The summed E-state index contributed by atoms with van der Waals surface area (Å²) in [6.07, 6.45) is 1.42. The maximum Gasteiger partial charge on any atom is 0.224 e. The number of pyridine rings is 1. The van der Waals surface area contributed by atoms with Crippen molar-refractivity contribution in [1.82, 2.24) is 10.3 Å². The van der Waals surface area contributed by atoms with E-state index in [2.05, 4.69) is 10.3 Å². The van der Waals surface area contributed by atoms with E-state index in [1.165, 1.54) is 19.2 Å². The highest BCUT2D eigenvalue weighted by Crippen LogP contribution is 2.23. The maximum atomic E-state index is 13.2. The Hall–Kier alpha value is -1.93. The van der Waals surface area contributed by atoms with Crippen LogP contribution in [-0.2, 0) is 16.1 Å². The molecule has 1 unspecified atom stereocenters. The molecule has 1 aromatic carbocycles. The average molecular weight is 406 g/mol. The highest BCUT2D eigenvalue weighted by molar-refractivity contribution is 5.85.